The zero-order valence-corrected chi connectivity index (χ0v) is 10.4. The quantitative estimate of drug-likeness (QED) is 0.839. The second kappa shape index (κ2) is 3.91. The van der Waals surface area contributed by atoms with Crippen molar-refractivity contribution in [1.29, 1.82) is 0 Å². The highest BCUT2D eigenvalue weighted by Gasteiger charge is 2.49. The number of fused-ring (bicyclic) bond motifs is 1. The first kappa shape index (κ1) is 11.9. The molecule has 2 amide bonds. The van der Waals surface area contributed by atoms with Crippen molar-refractivity contribution in [3.63, 3.8) is 0 Å². The van der Waals surface area contributed by atoms with Crippen LogP contribution < -0.4 is 0 Å². The Kier molecular flexibility index (Phi) is 2.45. The van der Waals surface area contributed by atoms with Crippen LogP contribution >= 0.6 is 0 Å². The first-order chi connectivity index (χ1) is 9.04. The van der Waals surface area contributed by atoms with Gasteiger partial charge in [-0.2, -0.15) is 0 Å². The van der Waals surface area contributed by atoms with Crippen molar-refractivity contribution in [2.75, 3.05) is 0 Å². The lowest BCUT2D eigenvalue weighted by Gasteiger charge is -2.12. The lowest BCUT2D eigenvalue weighted by atomic mass is 10.1. The summed E-state index contributed by atoms with van der Waals surface area (Å²) >= 11 is 0. The highest BCUT2D eigenvalue weighted by Crippen LogP contribution is 2.42. The van der Waals surface area contributed by atoms with Crippen molar-refractivity contribution in [2.45, 2.75) is 25.8 Å². The molecule has 98 valence electrons. The van der Waals surface area contributed by atoms with E-state index in [9.17, 15) is 14.4 Å². The third-order valence-electron chi connectivity index (χ3n) is 3.91. The predicted octanol–water partition coefficient (Wildman–Crippen LogP) is 1.78. The molecule has 3 rings (SSSR count). The maximum absolute atomic E-state index is 12.2. The topological polar surface area (TPSA) is 74.7 Å². The average Bonchev–Trinajstić information content (AvgIpc) is 3.12. The minimum atomic E-state index is -1.10. The van der Waals surface area contributed by atoms with E-state index >= 15 is 0 Å². The van der Waals surface area contributed by atoms with E-state index < -0.39 is 5.97 Å². The van der Waals surface area contributed by atoms with E-state index in [1.165, 1.54) is 23.1 Å². The Bertz CT molecular complexity index is 607. The van der Waals surface area contributed by atoms with Gasteiger partial charge in [0.05, 0.1) is 16.7 Å². The largest absolute Gasteiger partial charge is 0.478 e. The molecule has 1 fully saturated rings. The molecule has 1 heterocycles. The Morgan fingerprint density at radius 2 is 2.00 bits per heavy atom. The second-order valence-electron chi connectivity index (χ2n) is 5.02. The number of hydrogen-bond donors (Lipinski definition) is 1. The standard InChI is InChI=1S/C14H13NO4/c1-2-7-6-11(7)15-12(16)9-4-3-8(14(18)19)5-10(9)13(15)17/h3-5,7,11H,2,6H2,1H3,(H,18,19). The zero-order valence-electron chi connectivity index (χ0n) is 10.4. The third kappa shape index (κ3) is 1.65. The van der Waals surface area contributed by atoms with Gasteiger partial charge in [0.15, 0.2) is 0 Å². The van der Waals surface area contributed by atoms with Gasteiger partial charge < -0.3 is 5.11 Å². The van der Waals surface area contributed by atoms with Crippen molar-refractivity contribution in [3.8, 4) is 0 Å². The zero-order chi connectivity index (χ0) is 13.7. The Morgan fingerprint density at radius 1 is 1.32 bits per heavy atom. The van der Waals surface area contributed by atoms with Gasteiger partial charge in [0, 0.05) is 6.04 Å². The number of imide groups is 1. The van der Waals surface area contributed by atoms with Crippen molar-refractivity contribution >= 4 is 17.8 Å². The number of carboxylic acids is 1. The van der Waals surface area contributed by atoms with Crippen LogP contribution in [0.15, 0.2) is 18.2 Å². The summed E-state index contributed by atoms with van der Waals surface area (Å²) in [5.74, 6) is -1.36. The van der Waals surface area contributed by atoms with Gasteiger partial charge >= 0.3 is 5.97 Å². The summed E-state index contributed by atoms with van der Waals surface area (Å²) in [4.78, 5) is 36.6. The van der Waals surface area contributed by atoms with Gasteiger partial charge in [0.25, 0.3) is 11.8 Å². The van der Waals surface area contributed by atoms with Crippen LogP contribution in [-0.4, -0.2) is 33.8 Å². The number of nitrogens with zero attached hydrogens (tertiary/aromatic N) is 1. The van der Waals surface area contributed by atoms with E-state index in [2.05, 4.69) is 0 Å². The molecule has 5 heteroatoms. The lowest BCUT2D eigenvalue weighted by molar-refractivity contribution is 0.0633. The predicted molar refractivity (Wildman–Crippen MR) is 66.1 cm³/mol. The fourth-order valence-electron chi connectivity index (χ4n) is 2.68. The molecule has 1 aliphatic carbocycles. The number of aromatic carboxylic acids is 1. The van der Waals surface area contributed by atoms with Crippen LogP contribution in [0.1, 0.15) is 50.8 Å². The Morgan fingerprint density at radius 3 is 2.58 bits per heavy atom. The average molecular weight is 259 g/mol. The molecule has 1 aromatic carbocycles. The van der Waals surface area contributed by atoms with Crippen LogP contribution in [0.25, 0.3) is 0 Å². The first-order valence-electron chi connectivity index (χ1n) is 6.29. The number of carboxylic acid groups (broad SMARTS) is 1. The highest BCUT2D eigenvalue weighted by molar-refractivity contribution is 6.22. The van der Waals surface area contributed by atoms with Crippen LogP contribution in [0, 0.1) is 5.92 Å². The number of hydrogen-bond acceptors (Lipinski definition) is 3. The fraction of sp³-hybridized carbons (Fsp3) is 0.357. The lowest BCUT2D eigenvalue weighted by Crippen LogP contribution is -2.32. The summed E-state index contributed by atoms with van der Waals surface area (Å²) < 4.78 is 0. The van der Waals surface area contributed by atoms with E-state index in [1.54, 1.807) is 0 Å². The number of carbonyl (C=O) groups excluding carboxylic acids is 2. The Labute approximate surface area is 109 Å². The molecule has 2 atom stereocenters. The van der Waals surface area contributed by atoms with Crippen LogP contribution in [0.4, 0.5) is 0 Å². The maximum Gasteiger partial charge on any atom is 0.335 e. The summed E-state index contributed by atoms with van der Waals surface area (Å²) in [6.07, 6.45) is 1.80. The monoisotopic (exact) mass is 259 g/mol. The van der Waals surface area contributed by atoms with Crippen molar-refractivity contribution < 1.29 is 19.5 Å². The molecular formula is C14H13NO4. The summed E-state index contributed by atoms with van der Waals surface area (Å²) in [6, 6.07) is 4.08. The molecule has 1 N–H and O–H groups in total. The molecular weight excluding hydrogens is 246 g/mol. The van der Waals surface area contributed by atoms with Gasteiger partial charge in [-0.15, -0.1) is 0 Å². The van der Waals surface area contributed by atoms with Gasteiger partial charge in [-0.05, 0) is 30.5 Å². The number of rotatable bonds is 3. The number of benzene rings is 1. The molecule has 2 unspecified atom stereocenters. The van der Waals surface area contributed by atoms with Gasteiger partial charge in [-0.3, -0.25) is 14.5 Å². The molecule has 19 heavy (non-hydrogen) atoms. The van der Waals surface area contributed by atoms with E-state index in [4.69, 9.17) is 5.11 Å². The molecule has 1 aromatic rings. The molecule has 2 aliphatic rings. The van der Waals surface area contributed by atoms with E-state index in [0.717, 1.165) is 12.8 Å². The van der Waals surface area contributed by atoms with Crippen molar-refractivity contribution in [2.24, 2.45) is 5.92 Å². The second-order valence-corrected chi connectivity index (χ2v) is 5.02. The molecule has 1 aliphatic heterocycles. The fourth-order valence-corrected chi connectivity index (χ4v) is 2.68. The smallest absolute Gasteiger partial charge is 0.335 e. The minimum absolute atomic E-state index is 0.00863. The van der Waals surface area contributed by atoms with Gasteiger partial charge in [-0.25, -0.2) is 4.79 Å². The molecule has 0 spiro atoms. The highest BCUT2D eigenvalue weighted by atomic mass is 16.4. The van der Waals surface area contributed by atoms with Gasteiger partial charge in [-0.1, -0.05) is 13.3 Å². The van der Waals surface area contributed by atoms with Crippen LogP contribution in [0.3, 0.4) is 0 Å². The molecule has 5 nitrogen and oxygen atoms in total. The third-order valence-corrected chi connectivity index (χ3v) is 3.91. The van der Waals surface area contributed by atoms with E-state index in [1.807, 2.05) is 6.92 Å². The van der Waals surface area contributed by atoms with E-state index in [0.29, 0.717) is 11.5 Å². The molecule has 0 aromatic heterocycles. The van der Waals surface area contributed by atoms with E-state index in [-0.39, 0.29) is 29.0 Å². The normalized spacial score (nSPS) is 24.6. The number of carbonyl (C=O) groups is 3. The molecule has 0 bridgehead atoms. The van der Waals surface area contributed by atoms with Crippen LogP contribution in [0.2, 0.25) is 0 Å². The molecule has 0 radical (unpaired) electrons. The first-order valence-corrected chi connectivity index (χ1v) is 6.29. The minimum Gasteiger partial charge on any atom is -0.478 e. The summed E-state index contributed by atoms with van der Waals surface area (Å²) in [7, 11) is 0. The maximum atomic E-state index is 12.2. The van der Waals surface area contributed by atoms with Gasteiger partial charge in [0.2, 0.25) is 0 Å². The van der Waals surface area contributed by atoms with Gasteiger partial charge in [0.1, 0.15) is 0 Å². The molecule has 1 saturated carbocycles. The summed E-state index contributed by atoms with van der Waals surface area (Å²) in [6.45, 7) is 2.03. The number of amides is 2. The Balaban J connectivity index is 1.98. The SMILES string of the molecule is CCC1CC1N1C(=O)c2ccc(C(=O)O)cc2C1=O. The summed E-state index contributed by atoms with van der Waals surface area (Å²) in [5.41, 5.74) is 0.563. The van der Waals surface area contributed by atoms with Crippen LogP contribution in [0.5, 0.6) is 0 Å². The van der Waals surface area contributed by atoms with Crippen molar-refractivity contribution in [3.05, 3.63) is 34.9 Å². The summed E-state index contributed by atoms with van der Waals surface area (Å²) in [5, 5.41) is 8.93. The molecule has 0 saturated heterocycles. The van der Waals surface area contributed by atoms with Crippen LogP contribution in [-0.2, 0) is 0 Å². The Hall–Kier alpha value is -2.17. The van der Waals surface area contributed by atoms with Crippen molar-refractivity contribution in [1.82, 2.24) is 4.90 Å².